The Morgan fingerprint density at radius 3 is 2.43 bits per heavy atom. The van der Waals surface area contributed by atoms with E-state index in [4.69, 9.17) is 11.6 Å². The average Bonchev–Trinajstić information content (AvgIpc) is 2.50. The van der Waals surface area contributed by atoms with Crippen LogP contribution in [0.1, 0.15) is 64.7 Å². The third-order valence-corrected chi connectivity index (χ3v) is 3.88. The number of Topliss-reactive ketones (excluding diaryl/α,β-unsaturated/α-hetero) is 1. The van der Waals surface area contributed by atoms with Crippen LogP contribution in [-0.4, -0.2) is 16.8 Å². The van der Waals surface area contributed by atoms with E-state index in [-0.39, 0.29) is 23.6 Å². The minimum absolute atomic E-state index is 0.0673. The Hall–Kier alpha value is -1.55. The molecule has 2 N–H and O–H groups in total. The van der Waals surface area contributed by atoms with Gasteiger partial charge in [0.05, 0.1) is 12.1 Å². The van der Waals surface area contributed by atoms with Crippen molar-refractivity contribution in [2.75, 3.05) is 5.32 Å². The highest BCUT2D eigenvalue weighted by molar-refractivity contribution is 6.31. The van der Waals surface area contributed by atoms with Gasteiger partial charge in [0.2, 0.25) is 5.91 Å². The van der Waals surface area contributed by atoms with Gasteiger partial charge in [-0.3, -0.25) is 9.59 Å². The molecule has 128 valence electrons. The molecule has 23 heavy (non-hydrogen) atoms. The number of carbonyl (C=O) groups excluding carboxylic acids is 2. The average molecular weight is 340 g/mol. The van der Waals surface area contributed by atoms with Crippen molar-refractivity contribution in [1.29, 1.82) is 0 Å². The smallest absolute Gasteiger partial charge is 0.231 e. The number of benzene rings is 1. The predicted molar refractivity (Wildman–Crippen MR) is 94.0 cm³/mol. The number of ketones is 1. The summed E-state index contributed by atoms with van der Waals surface area (Å²) in [6.45, 7) is 2.19. The fourth-order valence-corrected chi connectivity index (χ4v) is 2.52. The van der Waals surface area contributed by atoms with Gasteiger partial charge in [0, 0.05) is 11.4 Å². The zero-order valence-corrected chi connectivity index (χ0v) is 14.5. The van der Waals surface area contributed by atoms with Gasteiger partial charge in [-0.25, -0.2) is 0 Å². The summed E-state index contributed by atoms with van der Waals surface area (Å²) >= 11 is 5.81. The first-order chi connectivity index (χ1) is 11.0. The summed E-state index contributed by atoms with van der Waals surface area (Å²) in [6, 6.07) is 4.38. The Kier molecular flexibility index (Phi) is 9.37. The summed E-state index contributed by atoms with van der Waals surface area (Å²) in [7, 11) is 0. The molecule has 0 heterocycles. The van der Waals surface area contributed by atoms with Crippen molar-refractivity contribution in [2.24, 2.45) is 0 Å². The standard InChI is InChI=1S/C18H26ClNO3/c1-2-3-4-5-6-7-8-9-15(21)13-18(23)20-16-12-14(19)10-11-17(16)22/h10-12,22H,2-9,13H2,1H3,(H,20,23). The topological polar surface area (TPSA) is 66.4 Å². The summed E-state index contributed by atoms with van der Waals surface area (Å²) < 4.78 is 0. The van der Waals surface area contributed by atoms with Crippen LogP contribution in [0.5, 0.6) is 5.75 Å². The third-order valence-electron chi connectivity index (χ3n) is 3.65. The zero-order valence-electron chi connectivity index (χ0n) is 13.7. The number of carbonyl (C=O) groups is 2. The number of hydrogen-bond acceptors (Lipinski definition) is 3. The van der Waals surface area contributed by atoms with E-state index in [9.17, 15) is 14.7 Å². The minimum atomic E-state index is -0.421. The molecule has 0 fully saturated rings. The molecule has 0 spiro atoms. The van der Waals surface area contributed by atoms with Crippen LogP contribution in [-0.2, 0) is 9.59 Å². The normalized spacial score (nSPS) is 10.5. The second-order valence-corrected chi connectivity index (χ2v) is 6.23. The zero-order chi connectivity index (χ0) is 17.1. The Balaban J connectivity index is 2.21. The number of aromatic hydroxyl groups is 1. The van der Waals surface area contributed by atoms with E-state index in [2.05, 4.69) is 12.2 Å². The molecular formula is C18H26ClNO3. The molecule has 0 bridgehead atoms. The first-order valence-corrected chi connectivity index (χ1v) is 8.70. The van der Waals surface area contributed by atoms with Crippen molar-refractivity contribution < 1.29 is 14.7 Å². The molecule has 1 aromatic rings. The van der Waals surface area contributed by atoms with Gasteiger partial charge in [-0.2, -0.15) is 0 Å². The van der Waals surface area contributed by atoms with Crippen molar-refractivity contribution in [3.63, 3.8) is 0 Å². The Morgan fingerprint density at radius 1 is 1.09 bits per heavy atom. The SMILES string of the molecule is CCCCCCCCCC(=O)CC(=O)Nc1cc(Cl)ccc1O. The van der Waals surface area contributed by atoms with E-state index in [1.165, 1.54) is 43.9 Å². The molecule has 0 radical (unpaired) electrons. The van der Waals surface area contributed by atoms with Crippen LogP contribution in [0.2, 0.25) is 5.02 Å². The second-order valence-electron chi connectivity index (χ2n) is 5.80. The molecule has 0 aliphatic rings. The lowest BCUT2D eigenvalue weighted by Crippen LogP contribution is -2.16. The van der Waals surface area contributed by atoms with E-state index >= 15 is 0 Å². The maximum Gasteiger partial charge on any atom is 0.231 e. The number of rotatable bonds is 11. The number of phenolic OH excluding ortho intramolecular Hbond substituents is 1. The number of phenols is 1. The summed E-state index contributed by atoms with van der Waals surface area (Å²) in [5.74, 6) is -0.560. The highest BCUT2D eigenvalue weighted by Crippen LogP contribution is 2.26. The number of nitrogens with one attached hydrogen (secondary N) is 1. The maximum atomic E-state index is 11.8. The number of anilines is 1. The molecule has 1 aromatic carbocycles. The lowest BCUT2D eigenvalue weighted by molar-refractivity contribution is -0.125. The number of hydrogen-bond donors (Lipinski definition) is 2. The molecule has 0 aliphatic carbocycles. The molecule has 0 saturated carbocycles. The predicted octanol–water partition coefficient (Wildman–Crippen LogP) is 5.08. The summed E-state index contributed by atoms with van der Waals surface area (Å²) in [4.78, 5) is 23.6. The van der Waals surface area contributed by atoms with Gasteiger partial charge in [0.15, 0.2) is 0 Å². The van der Waals surface area contributed by atoms with E-state index in [0.717, 1.165) is 19.3 Å². The van der Waals surface area contributed by atoms with Crippen LogP contribution in [0.25, 0.3) is 0 Å². The number of halogens is 1. The lowest BCUT2D eigenvalue weighted by atomic mass is 10.1. The minimum Gasteiger partial charge on any atom is -0.506 e. The highest BCUT2D eigenvalue weighted by Gasteiger charge is 2.11. The molecule has 5 heteroatoms. The Bertz CT molecular complexity index is 517. The molecule has 1 rings (SSSR count). The fourth-order valence-electron chi connectivity index (χ4n) is 2.35. The van der Waals surface area contributed by atoms with Crippen molar-refractivity contribution in [1.82, 2.24) is 0 Å². The van der Waals surface area contributed by atoms with Crippen molar-refractivity contribution >= 4 is 29.0 Å². The van der Waals surface area contributed by atoms with Crippen LogP contribution < -0.4 is 5.32 Å². The molecule has 0 unspecified atom stereocenters. The van der Waals surface area contributed by atoms with Crippen LogP contribution in [0.15, 0.2) is 18.2 Å². The van der Waals surface area contributed by atoms with Crippen LogP contribution in [0, 0.1) is 0 Å². The molecule has 0 saturated heterocycles. The van der Waals surface area contributed by atoms with Gasteiger partial charge in [0.25, 0.3) is 0 Å². The second kappa shape index (κ2) is 11.1. The summed E-state index contributed by atoms with van der Waals surface area (Å²) in [6.07, 6.45) is 8.27. The lowest BCUT2D eigenvalue weighted by Gasteiger charge is -2.07. The van der Waals surface area contributed by atoms with E-state index < -0.39 is 5.91 Å². The quantitative estimate of drug-likeness (QED) is 0.335. The number of amides is 1. The van der Waals surface area contributed by atoms with Crippen molar-refractivity contribution in [2.45, 2.75) is 64.7 Å². The van der Waals surface area contributed by atoms with Crippen LogP contribution >= 0.6 is 11.6 Å². The van der Waals surface area contributed by atoms with E-state index in [0.29, 0.717) is 11.4 Å². The third kappa shape index (κ3) is 8.60. The van der Waals surface area contributed by atoms with Gasteiger partial charge in [-0.05, 0) is 24.6 Å². The number of unbranched alkanes of at least 4 members (excludes halogenated alkanes) is 6. The van der Waals surface area contributed by atoms with Crippen LogP contribution in [0.3, 0.4) is 0 Å². The first kappa shape index (κ1) is 19.5. The highest BCUT2D eigenvalue weighted by atomic mass is 35.5. The van der Waals surface area contributed by atoms with Crippen molar-refractivity contribution in [3.8, 4) is 5.75 Å². The molecule has 0 aromatic heterocycles. The van der Waals surface area contributed by atoms with Gasteiger partial charge in [0.1, 0.15) is 11.5 Å². The first-order valence-electron chi connectivity index (χ1n) is 8.33. The van der Waals surface area contributed by atoms with Gasteiger partial charge in [-0.15, -0.1) is 0 Å². The summed E-state index contributed by atoms with van der Waals surface area (Å²) in [5, 5.41) is 12.5. The van der Waals surface area contributed by atoms with E-state index in [1.54, 1.807) is 0 Å². The van der Waals surface area contributed by atoms with Gasteiger partial charge < -0.3 is 10.4 Å². The molecule has 1 amide bonds. The fraction of sp³-hybridized carbons (Fsp3) is 0.556. The molecular weight excluding hydrogens is 314 g/mol. The van der Waals surface area contributed by atoms with Gasteiger partial charge >= 0.3 is 0 Å². The maximum absolute atomic E-state index is 11.8. The van der Waals surface area contributed by atoms with Gasteiger partial charge in [-0.1, -0.05) is 57.0 Å². The Labute approximate surface area is 143 Å². The molecule has 0 aliphatic heterocycles. The van der Waals surface area contributed by atoms with Crippen molar-refractivity contribution in [3.05, 3.63) is 23.2 Å². The summed E-state index contributed by atoms with van der Waals surface area (Å²) in [5.41, 5.74) is 0.228. The molecule has 4 nitrogen and oxygen atoms in total. The van der Waals surface area contributed by atoms with Crippen LogP contribution in [0.4, 0.5) is 5.69 Å². The monoisotopic (exact) mass is 339 g/mol. The van der Waals surface area contributed by atoms with E-state index in [1.807, 2.05) is 0 Å². The molecule has 0 atom stereocenters. The largest absolute Gasteiger partial charge is 0.506 e. The Morgan fingerprint density at radius 2 is 1.74 bits per heavy atom.